The van der Waals surface area contributed by atoms with Gasteiger partial charge in [-0.15, -0.1) is 0 Å². The lowest BCUT2D eigenvalue weighted by Crippen LogP contribution is -2.40. The van der Waals surface area contributed by atoms with E-state index in [1.807, 2.05) is 0 Å². The quantitative estimate of drug-likeness (QED) is 0.717. The molecule has 16 heavy (non-hydrogen) atoms. The van der Waals surface area contributed by atoms with Crippen molar-refractivity contribution >= 4 is 5.78 Å². The Labute approximate surface area is 98.4 Å². The van der Waals surface area contributed by atoms with Gasteiger partial charge >= 0.3 is 0 Å². The Morgan fingerprint density at radius 1 is 1.44 bits per heavy atom. The molecule has 1 fully saturated rings. The molecule has 0 aromatic carbocycles. The average molecular weight is 222 g/mol. The van der Waals surface area contributed by atoms with Crippen LogP contribution in [-0.2, 0) is 4.79 Å². The van der Waals surface area contributed by atoms with Gasteiger partial charge in [-0.1, -0.05) is 13.8 Å². The number of carbonyl (C=O) groups excluding carboxylic acids is 1. The van der Waals surface area contributed by atoms with E-state index in [1.54, 1.807) is 0 Å². The maximum Gasteiger partial charge on any atom is 0.133 e. The molecule has 0 aromatic heterocycles. The maximum absolute atomic E-state index is 11.2. The SMILES string of the molecule is CC(C)CN(CCC#N)C1CCC(=O)CC1. The van der Waals surface area contributed by atoms with Crippen LogP contribution in [0.5, 0.6) is 0 Å². The van der Waals surface area contributed by atoms with Crippen LogP contribution in [0.4, 0.5) is 0 Å². The van der Waals surface area contributed by atoms with E-state index in [4.69, 9.17) is 5.26 Å². The summed E-state index contributed by atoms with van der Waals surface area (Å²) in [6, 6.07) is 2.73. The minimum absolute atomic E-state index is 0.404. The molecule has 3 nitrogen and oxygen atoms in total. The van der Waals surface area contributed by atoms with Crippen LogP contribution in [0.2, 0.25) is 0 Å². The Kier molecular flexibility index (Phi) is 5.48. The number of hydrogen-bond acceptors (Lipinski definition) is 3. The average Bonchev–Trinajstić information content (AvgIpc) is 2.25. The number of nitriles is 1. The lowest BCUT2D eigenvalue weighted by molar-refractivity contribution is -0.121. The molecule has 0 bridgehead atoms. The lowest BCUT2D eigenvalue weighted by atomic mass is 9.92. The van der Waals surface area contributed by atoms with Crippen LogP contribution in [0.3, 0.4) is 0 Å². The Hall–Kier alpha value is -0.880. The van der Waals surface area contributed by atoms with Crippen molar-refractivity contribution in [2.45, 2.75) is 52.0 Å². The summed E-state index contributed by atoms with van der Waals surface area (Å²) < 4.78 is 0. The monoisotopic (exact) mass is 222 g/mol. The second-order valence-corrected chi connectivity index (χ2v) is 5.07. The van der Waals surface area contributed by atoms with E-state index >= 15 is 0 Å². The minimum Gasteiger partial charge on any atom is -0.300 e. The lowest BCUT2D eigenvalue weighted by Gasteiger charge is -2.34. The van der Waals surface area contributed by atoms with Gasteiger partial charge in [0.1, 0.15) is 5.78 Å². The van der Waals surface area contributed by atoms with Crippen molar-refractivity contribution in [1.82, 2.24) is 4.90 Å². The largest absolute Gasteiger partial charge is 0.300 e. The molecule has 0 aliphatic heterocycles. The minimum atomic E-state index is 0.404. The topological polar surface area (TPSA) is 44.1 Å². The number of hydrogen-bond donors (Lipinski definition) is 0. The third-order valence-corrected chi connectivity index (χ3v) is 3.14. The molecule has 90 valence electrons. The summed E-state index contributed by atoms with van der Waals surface area (Å²) in [7, 11) is 0. The van der Waals surface area contributed by atoms with Crippen LogP contribution in [0.25, 0.3) is 0 Å². The fraction of sp³-hybridized carbons (Fsp3) is 0.846. The predicted molar refractivity (Wildman–Crippen MR) is 63.9 cm³/mol. The van der Waals surface area contributed by atoms with Crippen molar-refractivity contribution in [3.63, 3.8) is 0 Å². The molecule has 1 rings (SSSR count). The van der Waals surface area contributed by atoms with E-state index in [0.29, 0.717) is 24.2 Å². The van der Waals surface area contributed by atoms with E-state index in [2.05, 4.69) is 24.8 Å². The van der Waals surface area contributed by atoms with Crippen molar-refractivity contribution in [3.8, 4) is 6.07 Å². The highest BCUT2D eigenvalue weighted by Crippen LogP contribution is 2.21. The van der Waals surface area contributed by atoms with E-state index in [1.165, 1.54) is 0 Å². The number of carbonyl (C=O) groups is 1. The van der Waals surface area contributed by atoms with Crippen molar-refractivity contribution in [1.29, 1.82) is 5.26 Å². The van der Waals surface area contributed by atoms with Gasteiger partial charge in [0.2, 0.25) is 0 Å². The molecule has 0 N–H and O–H groups in total. The molecule has 0 unspecified atom stereocenters. The van der Waals surface area contributed by atoms with Gasteiger partial charge in [-0.25, -0.2) is 0 Å². The first-order chi connectivity index (χ1) is 7.63. The first-order valence-electron chi connectivity index (χ1n) is 6.26. The zero-order chi connectivity index (χ0) is 12.0. The second kappa shape index (κ2) is 6.65. The summed E-state index contributed by atoms with van der Waals surface area (Å²) in [6.07, 6.45) is 4.02. The van der Waals surface area contributed by atoms with Gasteiger partial charge < -0.3 is 0 Å². The third kappa shape index (κ3) is 4.32. The number of Topliss-reactive ketones (excluding diaryl/α,β-unsaturated/α-hetero) is 1. The summed E-state index contributed by atoms with van der Waals surface area (Å²) in [5, 5.41) is 8.66. The molecule has 0 amide bonds. The normalized spacial score (nSPS) is 18.1. The summed E-state index contributed by atoms with van der Waals surface area (Å²) >= 11 is 0. The van der Waals surface area contributed by atoms with Crippen LogP contribution in [0.15, 0.2) is 0 Å². The molecule has 0 heterocycles. The van der Waals surface area contributed by atoms with Gasteiger partial charge in [0, 0.05) is 38.4 Å². The van der Waals surface area contributed by atoms with Gasteiger partial charge in [0.25, 0.3) is 0 Å². The number of rotatable bonds is 5. The van der Waals surface area contributed by atoms with Gasteiger partial charge in [-0.05, 0) is 18.8 Å². The number of ketones is 1. The number of nitrogens with zero attached hydrogens (tertiary/aromatic N) is 2. The highest BCUT2D eigenvalue weighted by atomic mass is 16.1. The molecule has 3 heteroatoms. The molecular weight excluding hydrogens is 200 g/mol. The summed E-state index contributed by atoms with van der Waals surface area (Å²) in [6.45, 7) is 6.30. The van der Waals surface area contributed by atoms with E-state index in [0.717, 1.165) is 38.8 Å². The highest BCUT2D eigenvalue weighted by Gasteiger charge is 2.24. The van der Waals surface area contributed by atoms with Crippen LogP contribution in [0.1, 0.15) is 46.0 Å². The molecule has 0 aromatic rings. The summed E-state index contributed by atoms with van der Waals surface area (Å²) in [5.74, 6) is 1.03. The van der Waals surface area contributed by atoms with Crippen LogP contribution >= 0.6 is 0 Å². The Balaban J connectivity index is 2.47. The molecule has 0 saturated heterocycles. The fourth-order valence-electron chi connectivity index (χ4n) is 2.38. The highest BCUT2D eigenvalue weighted by molar-refractivity contribution is 5.79. The van der Waals surface area contributed by atoms with Gasteiger partial charge in [0.15, 0.2) is 0 Å². The molecule has 1 aliphatic rings. The molecule has 1 aliphatic carbocycles. The fourth-order valence-corrected chi connectivity index (χ4v) is 2.38. The van der Waals surface area contributed by atoms with Crippen molar-refractivity contribution in [2.24, 2.45) is 5.92 Å². The van der Waals surface area contributed by atoms with E-state index in [-0.39, 0.29) is 0 Å². The van der Waals surface area contributed by atoms with Crippen LogP contribution in [-0.4, -0.2) is 29.8 Å². The van der Waals surface area contributed by atoms with Crippen molar-refractivity contribution in [2.75, 3.05) is 13.1 Å². The van der Waals surface area contributed by atoms with E-state index in [9.17, 15) is 4.79 Å². The van der Waals surface area contributed by atoms with Gasteiger partial charge in [-0.2, -0.15) is 5.26 Å². The maximum atomic E-state index is 11.2. The zero-order valence-corrected chi connectivity index (χ0v) is 10.4. The first kappa shape index (κ1) is 13.2. The molecule has 1 saturated carbocycles. The first-order valence-corrected chi connectivity index (χ1v) is 6.26. The van der Waals surface area contributed by atoms with E-state index < -0.39 is 0 Å². The predicted octanol–water partition coefficient (Wildman–Crippen LogP) is 2.37. The van der Waals surface area contributed by atoms with Gasteiger partial charge in [0.05, 0.1) is 6.07 Å². The molecule has 0 spiro atoms. The van der Waals surface area contributed by atoms with Crippen LogP contribution < -0.4 is 0 Å². The molecule has 0 radical (unpaired) electrons. The smallest absolute Gasteiger partial charge is 0.133 e. The Bertz CT molecular complexity index is 258. The molecule has 0 atom stereocenters. The standard InChI is InChI=1S/C13H22N2O/c1-11(2)10-15(9-3-8-14)12-4-6-13(16)7-5-12/h11-12H,3-7,9-10H2,1-2H3. The summed E-state index contributed by atoms with van der Waals surface area (Å²) in [4.78, 5) is 13.6. The molecular formula is C13H22N2O. The van der Waals surface area contributed by atoms with Crippen molar-refractivity contribution < 1.29 is 4.79 Å². The van der Waals surface area contributed by atoms with Crippen LogP contribution in [0, 0.1) is 17.2 Å². The van der Waals surface area contributed by atoms with Crippen molar-refractivity contribution in [3.05, 3.63) is 0 Å². The second-order valence-electron chi connectivity index (χ2n) is 5.07. The third-order valence-electron chi connectivity index (χ3n) is 3.14. The zero-order valence-electron chi connectivity index (χ0n) is 10.4. The Morgan fingerprint density at radius 2 is 2.06 bits per heavy atom. The summed E-state index contributed by atoms with van der Waals surface area (Å²) in [5.41, 5.74) is 0. The van der Waals surface area contributed by atoms with Gasteiger partial charge in [-0.3, -0.25) is 9.69 Å². The Morgan fingerprint density at radius 3 is 2.56 bits per heavy atom.